The lowest BCUT2D eigenvalue weighted by Gasteiger charge is -2.26. The first-order valence-electron chi connectivity index (χ1n) is 9.73. The maximum Gasteiger partial charge on any atom is 0.264 e. The van der Waals surface area contributed by atoms with Crippen molar-refractivity contribution < 1.29 is 17.7 Å². The Bertz CT molecular complexity index is 1180. The van der Waals surface area contributed by atoms with Crippen LogP contribution in [-0.2, 0) is 20.9 Å². The molecule has 1 aliphatic carbocycles. The maximum absolute atomic E-state index is 11.4. The van der Waals surface area contributed by atoms with Gasteiger partial charge >= 0.3 is 0 Å². The average Bonchev–Trinajstić information content (AvgIpc) is 3.09. The second kappa shape index (κ2) is 9.33. The molecule has 0 aliphatic heterocycles. The molecule has 2 heterocycles. The average molecular weight is 528 g/mol. The molecular weight excluding hydrogens is 506 g/mol. The molecule has 1 aromatic carbocycles. The lowest BCUT2D eigenvalue weighted by Crippen LogP contribution is -2.29. The number of halogens is 1. The van der Waals surface area contributed by atoms with Gasteiger partial charge in [0.25, 0.3) is 10.1 Å². The van der Waals surface area contributed by atoms with E-state index < -0.39 is 10.1 Å². The van der Waals surface area contributed by atoms with Crippen LogP contribution in [0.1, 0.15) is 31.4 Å². The van der Waals surface area contributed by atoms with E-state index in [4.69, 9.17) is 4.18 Å². The SMILES string of the molecule is CS(=O)(=O)OCc1cc(Nc2nc3ccc(Br)cc3s2)nc(NC2CCC(O)CC2)n1. The Kier molecular flexibility index (Phi) is 6.72. The summed E-state index contributed by atoms with van der Waals surface area (Å²) < 4.78 is 29.7. The van der Waals surface area contributed by atoms with Crippen LogP contribution in [0.25, 0.3) is 10.2 Å². The van der Waals surface area contributed by atoms with E-state index in [1.54, 1.807) is 6.07 Å². The number of nitrogens with one attached hydrogen (secondary N) is 2. The minimum Gasteiger partial charge on any atom is -0.393 e. The lowest BCUT2D eigenvalue weighted by molar-refractivity contribution is 0.126. The summed E-state index contributed by atoms with van der Waals surface area (Å²) in [6.07, 6.45) is 3.81. The van der Waals surface area contributed by atoms with Gasteiger partial charge in [-0.2, -0.15) is 13.4 Å². The van der Waals surface area contributed by atoms with Crippen LogP contribution < -0.4 is 10.6 Å². The topological polar surface area (TPSA) is 126 Å². The Morgan fingerprint density at radius 3 is 2.71 bits per heavy atom. The summed E-state index contributed by atoms with van der Waals surface area (Å²) in [7, 11) is -3.61. The van der Waals surface area contributed by atoms with E-state index >= 15 is 0 Å². The molecule has 0 spiro atoms. The summed E-state index contributed by atoms with van der Waals surface area (Å²) in [5.74, 6) is 0.862. The van der Waals surface area contributed by atoms with Crippen LogP contribution in [0.4, 0.5) is 16.9 Å². The third-order valence-corrected chi connectivity index (χ3v) is 6.79. The van der Waals surface area contributed by atoms with E-state index in [1.807, 2.05) is 18.2 Å². The summed E-state index contributed by atoms with van der Waals surface area (Å²) in [4.78, 5) is 13.5. The molecule has 0 saturated heterocycles. The van der Waals surface area contributed by atoms with Crippen LogP contribution in [0.3, 0.4) is 0 Å². The maximum atomic E-state index is 11.4. The van der Waals surface area contributed by atoms with Crippen molar-refractivity contribution in [2.45, 2.75) is 44.4 Å². The number of aliphatic hydroxyl groups excluding tert-OH is 1. The van der Waals surface area contributed by atoms with Crippen molar-refractivity contribution in [1.29, 1.82) is 0 Å². The molecule has 9 nitrogen and oxygen atoms in total. The first-order valence-corrected chi connectivity index (χ1v) is 13.2. The Hall–Kier alpha value is -1.86. The van der Waals surface area contributed by atoms with Gasteiger partial charge in [0, 0.05) is 16.6 Å². The van der Waals surface area contributed by atoms with Crippen LogP contribution in [0, 0.1) is 0 Å². The summed E-state index contributed by atoms with van der Waals surface area (Å²) in [6.45, 7) is -0.194. The quantitative estimate of drug-likeness (QED) is 0.393. The van der Waals surface area contributed by atoms with Crippen LogP contribution in [0.15, 0.2) is 28.7 Å². The number of aromatic nitrogens is 3. The molecule has 0 bridgehead atoms. The van der Waals surface area contributed by atoms with Gasteiger partial charge in [-0.15, -0.1) is 0 Å². The van der Waals surface area contributed by atoms with Crippen molar-refractivity contribution >= 4 is 64.5 Å². The molecule has 3 aromatic rings. The molecule has 166 valence electrons. The van der Waals surface area contributed by atoms with Gasteiger partial charge in [0.15, 0.2) is 5.13 Å². The number of anilines is 3. The molecule has 0 unspecified atom stereocenters. The summed E-state index contributed by atoms with van der Waals surface area (Å²) in [5.41, 5.74) is 1.29. The molecule has 31 heavy (non-hydrogen) atoms. The summed E-state index contributed by atoms with van der Waals surface area (Å²) >= 11 is 4.95. The van der Waals surface area contributed by atoms with Gasteiger partial charge in [-0.25, -0.2) is 9.97 Å². The first kappa shape index (κ1) is 22.3. The predicted molar refractivity (Wildman–Crippen MR) is 124 cm³/mol. The zero-order valence-corrected chi connectivity index (χ0v) is 19.9. The molecule has 4 rings (SSSR count). The van der Waals surface area contributed by atoms with Crippen LogP contribution in [-0.4, -0.2) is 46.9 Å². The van der Waals surface area contributed by atoms with Crippen molar-refractivity contribution in [3.05, 3.63) is 34.4 Å². The van der Waals surface area contributed by atoms with Crippen molar-refractivity contribution in [3.63, 3.8) is 0 Å². The number of nitrogens with zero attached hydrogens (tertiary/aromatic N) is 3. The highest BCUT2D eigenvalue weighted by atomic mass is 79.9. The lowest BCUT2D eigenvalue weighted by atomic mass is 9.93. The van der Waals surface area contributed by atoms with E-state index in [9.17, 15) is 13.5 Å². The Balaban J connectivity index is 1.57. The van der Waals surface area contributed by atoms with Crippen molar-refractivity contribution in [2.75, 3.05) is 16.9 Å². The number of rotatable bonds is 7. The molecule has 1 aliphatic rings. The monoisotopic (exact) mass is 527 g/mol. The molecule has 2 aromatic heterocycles. The van der Waals surface area contributed by atoms with E-state index in [2.05, 4.69) is 41.5 Å². The summed E-state index contributed by atoms with van der Waals surface area (Å²) in [5, 5.41) is 16.9. The van der Waals surface area contributed by atoms with Crippen molar-refractivity contribution in [3.8, 4) is 0 Å². The zero-order chi connectivity index (χ0) is 22.0. The fourth-order valence-corrected chi connectivity index (χ4v) is 5.09. The van der Waals surface area contributed by atoms with Crippen LogP contribution >= 0.6 is 27.3 Å². The molecule has 1 saturated carbocycles. The number of aliphatic hydroxyl groups is 1. The highest BCUT2D eigenvalue weighted by molar-refractivity contribution is 9.10. The van der Waals surface area contributed by atoms with Gasteiger partial charge < -0.3 is 15.7 Å². The Morgan fingerprint density at radius 1 is 1.19 bits per heavy atom. The number of hydrogen-bond donors (Lipinski definition) is 3. The van der Waals surface area contributed by atoms with Crippen molar-refractivity contribution in [1.82, 2.24) is 15.0 Å². The molecule has 0 atom stereocenters. The smallest absolute Gasteiger partial charge is 0.264 e. The first-order chi connectivity index (χ1) is 14.7. The van der Waals surface area contributed by atoms with Gasteiger partial charge in [-0.1, -0.05) is 27.3 Å². The van der Waals surface area contributed by atoms with Gasteiger partial charge in [-0.05, 0) is 43.9 Å². The van der Waals surface area contributed by atoms with E-state index in [0.29, 0.717) is 22.6 Å². The standard InChI is InChI=1S/C19H22BrN5O4S2/c1-31(27,28)29-10-13-9-17(24-18(22-13)21-12-3-5-14(26)6-4-12)25-19-23-15-7-2-11(20)8-16(15)30-19/h2,7-9,12,14,26H,3-6,10H2,1H3,(H2,21,22,23,24,25). The summed E-state index contributed by atoms with van der Waals surface area (Å²) in [6, 6.07) is 7.64. The number of thiazole rings is 1. The Morgan fingerprint density at radius 2 is 1.97 bits per heavy atom. The second-order valence-corrected chi connectivity index (χ2v) is 11.0. The Labute approximate surface area is 192 Å². The molecule has 1 fully saturated rings. The third kappa shape index (κ3) is 6.32. The molecule has 0 radical (unpaired) electrons. The van der Waals surface area contributed by atoms with E-state index in [1.165, 1.54) is 11.3 Å². The van der Waals surface area contributed by atoms with Gasteiger partial charge in [0.2, 0.25) is 5.95 Å². The van der Waals surface area contributed by atoms with Crippen LogP contribution in [0.5, 0.6) is 0 Å². The fraction of sp³-hybridized carbons (Fsp3) is 0.421. The molecular formula is C19H22BrN5O4S2. The molecule has 3 N–H and O–H groups in total. The van der Waals surface area contributed by atoms with E-state index in [0.717, 1.165) is 46.6 Å². The highest BCUT2D eigenvalue weighted by Crippen LogP contribution is 2.30. The fourth-order valence-electron chi connectivity index (χ4n) is 3.33. The van der Waals surface area contributed by atoms with Crippen molar-refractivity contribution in [2.24, 2.45) is 0 Å². The van der Waals surface area contributed by atoms with Gasteiger partial charge in [0.1, 0.15) is 12.4 Å². The minimum absolute atomic E-state index is 0.141. The largest absolute Gasteiger partial charge is 0.393 e. The highest BCUT2D eigenvalue weighted by Gasteiger charge is 2.20. The zero-order valence-electron chi connectivity index (χ0n) is 16.7. The number of benzene rings is 1. The predicted octanol–water partition coefficient (Wildman–Crippen LogP) is 3.78. The molecule has 0 amide bonds. The number of fused-ring (bicyclic) bond motifs is 1. The van der Waals surface area contributed by atoms with Crippen LogP contribution in [0.2, 0.25) is 0 Å². The van der Waals surface area contributed by atoms with Gasteiger partial charge in [-0.3, -0.25) is 4.18 Å². The van der Waals surface area contributed by atoms with E-state index in [-0.39, 0.29) is 18.8 Å². The molecule has 12 heteroatoms. The van der Waals surface area contributed by atoms with Gasteiger partial charge in [0.05, 0.1) is 28.3 Å². The third-order valence-electron chi connectivity index (χ3n) is 4.82. The number of hydrogen-bond acceptors (Lipinski definition) is 10. The normalized spacial score (nSPS) is 19.5. The second-order valence-electron chi connectivity index (χ2n) is 7.44. The minimum atomic E-state index is -3.61.